The summed E-state index contributed by atoms with van der Waals surface area (Å²) in [6, 6.07) is 2.07. The van der Waals surface area contributed by atoms with E-state index in [2.05, 4.69) is 22.5 Å². The van der Waals surface area contributed by atoms with Gasteiger partial charge in [-0.3, -0.25) is 4.98 Å². The van der Waals surface area contributed by atoms with E-state index in [0.717, 1.165) is 37.5 Å². The molecule has 3 rings (SSSR count). The van der Waals surface area contributed by atoms with Crippen molar-refractivity contribution in [2.24, 2.45) is 0 Å². The Bertz CT molecular complexity index is 515. The lowest BCUT2D eigenvalue weighted by molar-refractivity contribution is 0.122. The average molecular weight is 274 g/mol. The molecule has 2 aliphatic heterocycles. The largest absolute Gasteiger partial charge is 0.565 e. The van der Waals surface area contributed by atoms with E-state index < -0.39 is 12.7 Å². The minimum absolute atomic E-state index is 0.425. The molecule has 2 fully saturated rings. The van der Waals surface area contributed by atoms with Crippen molar-refractivity contribution >= 4 is 18.3 Å². The van der Waals surface area contributed by atoms with E-state index in [0.29, 0.717) is 5.76 Å². The fraction of sp³-hybridized carbons (Fsp3) is 0.500. The summed E-state index contributed by atoms with van der Waals surface area (Å²) >= 11 is 0. The maximum absolute atomic E-state index is 5.88. The highest BCUT2D eigenvalue weighted by Gasteiger charge is 2.43. The number of morpholine rings is 1. The van der Waals surface area contributed by atoms with Gasteiger partial charge in [-0.1, -0.05) is 6.58 Å². The summed E-state index contributed by atoms with van der Waals surface area (Å²) in [5.41, 5.74) is 1.54. The Labute approximate surface area is 119 Å². The quantitative estimate of drug-likeness (QED) is 0.751. The first-order chi connectivity index (χ1) is 9.56. The summed E-state index contributed by atoms with van der Waals surface area (Å²) in [6.45, 7) is 11.1. The molecule has 0 amide bonds. The summed E-state index contributed by atoms with van der Waals surface area (Å²) < 4.78 is 17.0. The van der Waals surface area contributed by atoms with E-state index in [1.54, 1.807) is 6.20 Å². The van der Waals surface area contributed by atoms with E-state index in [9.17, 15) is 0 Å². The molecule has 0 N–H and O–H groups in total. The van der Waals surface area contributed by atoms with Gasteiger partial charge in [-0.15, -0.1) is 0 Å². The molecule has 20 heavy (non-hydrogen) atoms. The minimum Gasteiger partial charge on any atom is -0.534 e. The molecule has 0 aromatic carbocycles. The van der Waals surface area contributed by atoms with Gasteiger partial charge in [-0.25, -0.2) is 0 Å². The molecule has 0 atom stereocenters. The van der Waals surface area contributed by atoms with Crippen LogP contribution in [0, 0.1) is 0 Å². The van der Waals surface area contributed by atoms with Crippen molar-refractivity contribution in [3.05, 3.63) is 30.8 Å². The Hall–Kier alpha value is -1.53. The number of pyridine rings is 1. The molecule has 1 aromatic heterocycles. The number of aromatic nitrogens is 1. The van der Waals surface area contributed by atoms with E-state index in [1.807, 2.05) is 20.0 Å². The molecule has 1 aromatic rings. The normalized spacial score (nSPS) is 22.0. The van der Waals surface area contributed by atoms with Crippen LogP contribution in [-0.2, 0) is 14.0 Å². The number of anilines is 1. The molecule has 0 unspecified atom stereocenters. The first-order valence-electron chi connectivity index (χ1n) is 6.88. The Morgan fingerprint density at radius 1 is 1.30 bits per heavy atom. The van der Waals surface area contributed by atoms with Crippen LogP contribution in [0.5, 0.6) is 0 Å². The lowest BCUT2D eigenvalue weighted by atomic mass is 9.80. The summed E-state index contributed by atoms with van der Waals surface area (Å²) in [5.74, 6) is 0.652. The van der Waals surface area contributed by atoms with Gasteiger partial charge in [0.1, 0.15) is 5.60 Å². The number of nitrogens with zero attached hydrogens (tertiary/aromatic N) is 2. The summed E-state index contributed by atoms with van der Waals surface area (Å²) in [5, 5.41) is 0. The lowest BCUT2D eigenvalue weighted by Crippen LogP contribution is -2.39. The van der Waals surface area contributed by atoms with Gasteiger partial charge in [-0.2, -0.15) is 0 Å². The van der Waals surface area contributed by atoms with Crippen molar-refractivity contribution in [2.45, 2.75) is 19.4 Å². The van der Waals surface area contributed by atoms with Gasteiger partial charge in [-0.05, 0) is 19.9 Å². The van der Waals surface area contributed by atoms with Gasteiger partial charge in [0.05, 0.1) is 30.9 Å². The molecule has 2 saturated heterocycles. The average Bonchev–Trinajstić information content (AvgIpc) is 2.74. The molecule has 5 nitrogen and oxygen atoms in total. The molecule has 0 bridgehead atoms. The fourth-order valence-electron chi connectivity index (χ4n) is 2.33. The lowest BCUT2D eigenvalue weighted by Gasteiger charge is -2.28. The summed E-state index contributed by atoms with van der Waals surface area (Å²) in [4.78, 5) is 6.56. The van der Waals surface area contributed by atoms with Crippen molar-refractivity contribution in [1.82, 2.24) is 4.98 Å². The highest BCUT2D eigenvalue weighted by atomic mass is 16.7. The predicted molar refractivity (Wildman–Crippen MR) is 78.0 cm³/mol. The second-order valence-corrected chi connectivity index (χ2v) is 5.58. The van der Waals surface area contributed by atoms with Crippen molar-refractivity contribution in [2.75, 3.05) is 31.2 Å². The van der Waals surface area contributed by atoms with Gasteiger partial charge in [0.2, 0.25) is 0 Å². The molecule has 6 heteroatoms. The minimum atomic E-state index is -0.459. The van der Waals surface area contributed by atoms with Crippen LogP contribution in [0.25, 0.3) is 0 Å². The molecular formula is C14H19BN2O3. The Morgan fingerprint density at radius 2 is 2.05 bits per heavy atom. The van der Waals surface area contributed by atoms with Crippen molar-refractivity contribution < 1.29 is 14.0 Å². The zero-order valence-electron chi connectivity index (χ0n) is 12.0. The zero-order chi connectivity index (χ0) is 14.2. The molecule has 0 spiro atoms. The van der Waals surface area contributed by atoms with Crippen LogP contribution >= 0.6 is 0 Å². The highest BCUT2D eigenvalue weighted by molar-refractivity contribution is 6.62. The smallest absolute Gasteiger partial charge is 0.534 e. The van der Waals surface area contributed by atoms with Crippen LogP contribution in [0.2, 0.25) is 0 Å². The molecule has 0 aliphatic carbocycles. The number of hydrogen-bond acceptors (Lipinski definition) is 5. The van der Waals surface area contributed by atoms with E-state index >= 15 is 0 Å². The molecule has 106 valence electrons. The van der Waals surface area contributed by atoms with Gasteiger partial charge in [0.25, 0.3) is 0 Å². The van der Waals surface area contributed by atoms with Crippen LogP contribution in [0.3, 0.4) is 0 Å². The number of hydrogen-bond donors (Lipinski definition) is 0. The summed E-state index contributed by atoms with van der Waals surface area (Å²) in [6.07, 6.45) is 3.65. The van der Waals surface area contributed by atoms with Crippen LogP contribution < -0.4 is 10.4 Å². The van der Waals surface area contributed by atoms with E-state index in [-0.39, 0.29) is 0 Å². The monoisotopic (exact) mass is 274 g/mol. The Kier molecular flexibility index (Phi) is 3.44. The Morgan fingerprint density at radius 3 is 2.70 bits per heavy atom. The third-order valence-corrected chi connectivity index (χ3v) is 3.72. The third-order valence-electron chi connectivity index (χ3n) is 3.72. The van der Waals surface area contributed by atoms with Crippen LogP contribution in [0.15, 0.2) is 30.8 Å². The van der Waals surface area contributed by atoms with Crippen molar-refractivity contribution in [3.8, 4) is 0 Å². The van der Waals surface area contributed by atoms with Gasteiger partial charge >= 0.3 is 7.12 Å². The second-order valence-electron chi connectivity index (χ2n) is 5.58. The molecule has 3 heterocycles. The van der Waals surface area contributed by atoms with Gasteiger partial charge in [0.15, 0.2) is 0 Å². The Balaban J connectivity index is 1.79. The van der Waals surface area contributed by atoms with Gasteiger partial charge in [0, 0.05) is 24.7 Å². The maximum atomic E-state index is 5.88. The second kappa shape index (κ2) is 5.11. The van der Waals surface area contributed by atoms with E-state index in [1.165, 1.54) is 0 Å². The first-order valence-corrected chi connectivity index (χ1v) is 6.88. The number of rotatable bonds is 2. The molecular weight excluding hydrogens is 255 g/mol. The summed E-state index contributed by atoms with van der Waals surface area (Å²) in [7, 11) is -0.425. The highest BCUT2D eigenvalue weighted by Crippen LogP contribution is 2.29. The standard InChI is InChI=1S/C14H19BN2O3/c1-11-14(2,3)20-15(19-11)12-8-13(10-16-9-12)17-4-6-18-7-5-17/h8-10H,1,4-7H2,2-3H3. The molecule has 2 aliphatic rings. The van der Waals surface area contributed by atoms with Crippen LogP contribution in [0.1, 0.15) is 13.8 Å². The maximum Gasteiger partial charge on any atom is 0.565 e. The molecule has 0 radical (unpaired) electrons. The topological polar surface area (TPSA) is 43.8 Å². The van der Waals surface area contributed by atoms with Crippen LogP contribution in [-0.4, -0.2) is 44.0 Å². The van der Waals surface area contributed by atoms with E-state index in [4.69, 9.17) is 14.0 Å². The SMILES string of the molecule is C=C1OB(c2cncc(N3CCOCC3)c2)OC1(C)C. The van der Waals surface area contributed by atoms with Gasteiger partial charge < -0.3 is 18.9 Å². The first kappa shape index (κ1) is 13.5. The molecule has 0 saturated carbocycles. The predicted octanol–water partition coefficient (Wildman–Crippen LogP) is 0.952. The number of ether oxygens (including phenoxy) is 1. The van der Waals surface area contributed by atoms with Crippen molar-refractivity contribution in [3.63, 3.8) is 0 Å². The van der Waals surface area contributed by atoms with Crippen LogP contribution in [0.4, 0.5) is 5.69 Å². The fourth-order valence-corrected chi connectivity index (χ4v) is 2.33. The zero-order valence-corrected chi connectivity index (χ0v) is 12.0. The third kappa shape index (κ3) is 2.53. The van der Waals surface area contributed by atoms with Crippen molar-refractivity contribution in [1.29, 1.82) is 0 Å².